The Kier molecular flexibility index (Phi) is 2.37. The highest BCUT2D eigenvalue weighted by atomic mass is 32.1. The molecule has 0 aliphatic rings. The fourth-order valence-corrected chi connectivity index (χ4v) is 3.86. The van der Waals surface area contributed by atoms with E-state index in [1.807, 2.05) is 18.2 Å². The van der Waals surface area contributed by atoms with Gasteiger partial charge in [0.2, 0.25) is 0 Å². The van der Waals surface area contributed by atoms with Crippen molar-refractivity contribution in [2.75, 3.05) is 0 Å². The number of nitrogens with zero attached hydrogens (tertiary/aromatic N) is 2. The minimum Gasteiger partial charge on any atom is -0.353 e. The summed E-state index contributed by atoms with van der Waals surface area (Å²) in [5.41, 5.74) is 4.21. The van der Waals surface area contributed by atoms with Gasteiger partial charge in [-0.05, 0) is 24.3 Å². The molecule has 0 atom stereocenters. The molecule has 0 unspecified atom stereocenters. The zero-order valence-corrected chi connectivity index (χ0v) is 12.4. The van der Waals surface area contributed by atoms with Gasteiger partial charge in [0, 0.05) is 22.5 Å². The Morgan fingerprint density at radius 2 is 1.77 bits per heavy atom. The van der Waals surface area contributed by atoms with E-state index in [-0.39, 0.29) is 0 Å². The minimum atomic E-state index is 0.924. The molecule has 0 aliphatic heterocycles. The third kappa shape index (κ3) is 1.61. The molecule has 1 N–H and O–H groups in total. The van der Waals surface area contributed by atoms with E-state index in [1.165, 1.54) is 15.5 Å². The van der Waals surface area contributed by atoms with Crippen molar-refractivity contribution in [3.8, 4) is 10.7 Å². The zero-order chi connectivity index (χ0) is 14.5. The lowest BCUT2D eigenvalue weighted by Crippen LogP contribution is -1.79. The molecule has 4 heteroatoms. The number of hydrogen-bond donors (Lipinski definition) is 1. The van der Waals surface area contributed by atoms with Crippen LogP contribution in [0, 0.1) is 0 Å². The highest BCUT2D eigenvalue weighted by molar-refractivity contribution is 7.21. The van der Waals surface area contributed by atoms with Gasteiger partial charge >= 0.3 is 0 Å². The first-order chi connectivity index (χ1) is 10.9. The maximum absolute atomic E-state index is 4.83. The molecule has 0 fully saturated rings. The van der Waals surface area contributed by atoms with Gasteiger partial charge in [0.25, 0.3) is 0 Å². The molecule has 3 aromatic heterocycles. The summed E-state index contributed by atoms with van der Waals surface area (Å²) in [6.07, 6.45) is 1.81. The molecule has 3 nitrogen and oxygen atoms in total. The van der Waals surface area contributed by atoms with E-state index >= 15 is 0 Å². The monoisotopic (exact) mass is 301 g/mol. The van der Waals surface area contributed by atoms with E-state index in [1.54, 1.807) is 17.5 Å². The number of rotatable bonds is 1. The van der Waals surface area contributed by atoms with Crippen molar-refractivity contribution < 1.29 is 0 Å². The van der Waals surface area contributed by atoms with Crippen molar-refractivity contribution in [2.24, 2.45) is 0 Å². The summed E-state index contributed by atoms with van der Waals surface area (Å²) >= 11 is 1.68. The van der Waals surface area contributed by atoms with Gasteiger partial charge in [0.1, 0.15) is 10.5 Å². The molecule has 0 saturated heterocycles. The molecule has 22 heavy (non-hydrogen) atoms. The molecule has 2 aromatic carbocycles. The lowest BCUT2D eigenvalue weighted by molar-refractivity contribution is 1.31. The second-order valence-electron chi connectivity index (χ2n) is 5.24. The molecule has 0 saturated carbocycles. The lowest BCUT2D eigenvalue weighted by Gasteiger charge is -1.92. The number of H-pyrrole nitrogens is 1. The van der Waals surface area contributed by atoms with Crippen LogP contribution in [0.5, 0.6) is 0 Å². The molecule has 0 bridgehead atoms. The molecule has 0 aliphatic carbocycles. The Morgan fingerprint density at radius 3 is 2.68 bits per heavy atom. The Labute approximate surface area is 130 Å². The smallest absolute Gasteiger partial charge is 0.143 e. The van der Waals surface area contributed by atoms with Crippen LogP contribution in [-0.2, 0) is 0 Å². The lowest BCUT2D eigenvalue weighted by atomic mass is 10.1. The third-order valence-electron chi connectivity index (χ3n) is 3.92. The number of aromatic amines is 1. The van der Waals surface area contributed by atoms with Crippen LogP contribution < -0.4 is 0 Å². The largest absolute Gasteiger partial charge is 0.353 e. The van der Waals surface area contributed by atoms with Gasteiger partial charge in [-0.15, -0.1) is 11.3 Å². The predicted octanol–water partition coefficient (Wildman–Crippen LogP) is 4.99. The number of pyridine rings is 1. The van der Waals surface area contributed by atoms with E-state index < -0.39 is 0 Å². The van der Waals surface area contributed by atoms with Crippen LogP contribution in [0.3, 0.4) is 0 Å². The number of thiazole rings is 1. The number of para-hydroxylation sites is 1. The van der Waals surface area contributed by atoms with Crippen LogP contribution in [0.4, 0.5) is 0 Å². The van der Waals surface area contributed by atoms with Gasteiger partial charge in [-0.2, -0.15) is 0 Å². The standard InChI is InChI=1S/C18H11N3S/c1-2-6-13-11(5-1)12-8-9-15-17(16(12)20-13)21-18(22-15)14-7-3-4-10-19-14/h1-10,20H. The third-order valence-corrected chi connectivity index (χ3v) is 4.96. The van der Waals surface area contributed by atoms with E-state index in [0.29, 0.717) is 0 Å². The summed E-state index contributed by atoms with van der Waals surface area (Å²) < 4.78 is 1.18. The number of benzene rings is 2. The maximum atomic E-state index is 4.83. The zero-order valence-electron chi connectivity index (χ0n) is 11.6. The highest BCUT2D eigenvalue weighted by Crippen LogP contribution is 2.35. The molecular formula is C18H11N3S. The van der Waals surface area contributed by atoms with Crippen LogP contribution in [-0.4, -0.2) is 15.0 Å². The van der Waals surface area contributed by atoms with Gasteiger partial charge < -0.3 is 4.98 Å². The van der Waals surface area contributed by atoms with E-state index in [2.05, 4.69) is 46.4 Å². The van der Waals surface area contributed by atoms with Gasteiger partial charge in [0.15, 0.2) is 0 Å². The van der Waals surface area contributed by atoms with Gasteiger partial charge in [0.05, 0.1) is 15.9 Å². The summed E-state index contributed by atoms with van der Waals surface area (Å²) in [4.78, 5) is 12.7. The molecule has 0 spiro atoms. The van der Waals surface area contributed by atoms with Crippen LogP contribution in [0.2, 0.25) is 0 Å². The second-order valence-corrected chi connectivity index (χ2v) is 6.27. The van der Waals surface area contributed by atoms with Gasteiger partial charge in [-0.3, -0.25) is 4.98 Å². The molecule has 5 aromatic rings. The summed E-state index contributed by atoms with van der Waals surface area (Å²) in [5, 5.41) is 3.43. The normalized spacial score (nSPS) is 11.6. The molecule has 104 valence electrons. The van der Waals surface area contributed by atoms with Gasteiger partial charge in [-0.1, -0.05) is 30.3 Å². The first-order valence-corrected chi connectivity index (χ1v) is 7.93. The van der Waals surface area contributed by atoms with Crippen molar-refractivity contribution in [3.05, 3.63) is 60.8 Å². The van der Waals surface area contributed by atoms with Crippen molar-refractivity contribution in [2.45, 2.75) is 0 Å². The molecule has 5 rings (SSSR count). The van der Waals surface area contributed by atoms with Crippen molar-refractivity contribution in [3.63, 3.8) is 0 Å². The first kappa shape index (κ1) is 11.9. The van der Waals surface area contributed by atoms with Crippen LogP contribution in [0.25, 0.3) is 42.7 Å². The average Bonchev–Trinajstić information content (AvgIpc) is 3.16. The molecule has 0 amide bonds. The SMILES string of the molecule is c1ccc(-c2nc3c(ccc4c5ccccc5[nH]c43)s2)nc1. The topological polar surface area (TPSA) is 41.6 Å². The number of aromatic nitrogens is 3. The molecule has 0 radical (unpaired) electrons. The quantitative estimate of drug-likeness (QED) is 0.474. The highest BCUT2D eigenvalue weighted by Gasteiger charge is 2.12. The van der Waals surface area contributed by atoms with Crippen LogP contribution in [0.1, 0.15) is 0 Å². The van der Waals surface area contributed by atoms with Crippen LogP contribution >= 0.6 is 11.3 Å². The molecule has 3 heterocycles. The summed E-state index contributed by atoms with van der Waals surface area (Å²) in [6.45, 7) is 0. The van der Waals surface area contributed by atoms with E-state index in [4.69, 9.17) is 4.98 Å². The number of nitrogens with one attached hydrogen (secondary N) is 1. The number of fused-ring (bicyclic) bond motifs is 5. The van der Waals surface area contributed by atoms with Crippen molar-refractivity contribution >= 4 is 43.4 Å². The Morgan fingerprint density at radius 1 is 0.864 bits per heavy atom. The Hall–Kier alpha value is -2.72. The minimum absolute atomic E-state index is 0.924. The van der Waals surface area contributed by atoms with Crippen molar-refractivity contribution in [1.29, 1.82) is 0 Å². The number of hydrogen-bond acceptors (Lipinski definition) is 3. The van der Waals surface area contributed by atoms with Crippen LogP contribution in [0.15, 0.2) is 60.8 Å². The summed E-state index contributed by atoms with van der Waals surface area (Å²) in [7, 11) is 0. The fourth-order valence-electron chi connectivity index (χ4n) is 2.91. The maximum Gasteiger partial charge on any atom is 0.143 e. The second kappa shape index (κ2) is 4.39. The first-order valence-electron chi connectivity index (χ1n) is 7.11. The fraction of sp³-hybridized carbons (Fsp3) is 0. The Bertz CT molecular complexity index is 1120. The summed E-state index contributed by atoms with van der Waals surface area (Å²) in [6, 6.07) is 18.6. The van der Waals surface area contributed by atoms with E-state index in [9.17, 15) is 0 Å². The Balaban J connectivity index is 1.87. The van der Waals surface area contributed by atoms with Gasteiger partial charge in [-0.25, -0.2) is 4.98 Å². The summed E-state index contributed by atoms with van der Waals surface area (Å²) in [5.74, 6) is 0. The van der Waals surface area contributed by atoms with E-state index in [0.717, 1.165) is 27.3 Å². The average molecular weight is 301 g/mol. The van der Waals surface area contributed by atoms with Crippen molar-refractivity contribution in [1.82, 2.24) is 15.0 Å². The predicted molar refractivity (Wildman–Crippen MR) is 92.2 cm³/mol. The molecular weight excluding hydrogens is 290 g/mol.